The van der Waals surface area contributed by atoms with Gasteiger partial charge in [0.25, 0.3) is 0 Å². The van der Waals surface area contributed by atoms with Crippen molar-refractivity contribution in [3.63, 3.8) is 0 Å². The molecule has 0 spiro atoms. The summed E-state index contributed by atoms with van der Waals surface area (Å²) in [6.07, 6.45) is 4.40. The van der Waals surface area contributed by atoms with Crippen molar-refractivity contribution in [2.24, 2.45) is 5.73 Å². The number of hydrogen-bond donors (Lipinski definition) is 1. The third-order valence-corrected chi connectivity index (χ3v) is 4.32. The number of nitrogens with zero attached hydrogens (tertiary/aromatic N) is 2. The van der Waals surface area contributed by atoms with E-state index < -0.39 is 0 Å². The molecule has 2 aromatic carbocycles. The number of aromatic nitrogens is 2. The molecule has 0 radical (unpaired) electrons. The SMILES string of the molecule is NC(=S)c1cccc(Cn2ccnc2Cc2cc(Cl)cc(Cl)c2)c1. The molecule has 3 rings (SSSR count). The van der Waals surface area contributed by atoms with E-state index in [0.717, 1.165) is 22.5 Å². The lowest BCUT2D eigenvalue weighted by Gasteiger charge is -2.10. The van der Waals surface area contributed by atoms with E-state index in [-0.39, 0.29) is 0 Å². The van der Waals surface area contributed by atoms with Gasteiger partial charge in [-0.2, -0.15) is 0 Å². The van der Waals surface area contributed by atoms with Crippen LogP contribution in [0.2, 0.25) is 10.0 Å². The van der Waals surface area contributed by atoms with Crippen LogP contribution in [0.25, 0.3) is 0 Å². The molecule has 0 aliphatic heterocycles. The Morgan fingerprint density at radius 1 is 1.08 bits per heavy atom. The minimum absolute atomic E-state index is 0.399. The van der Waals surface area contributed by atoms with Crippen molar-refractivity contribution in [2.75, 3.05) is 0 Å². The third-order valence-electron chi connectivity index (χ3n) is 3.65. The summed E-state index contributed by atoms with van der Waals surface area (Å²) in [5, 5.41) is 1.25. The summed E-state index contributed by atoms with van der Waals surface area (Å²) in [6, 6.07) is 13.4. The van der Waals surface area contributed by atoms with Crippen molar-refractivity contribution in [2.45, 2.75) is 13.0 Å². The summed E-state index contributed by atoms with van der Waals surface area (Å²) in [5.41, 5.74) is 8.71. The molecule has 0 bridgehead atoms. The molecule has 0 amide bonds. The Morgan fingerprint density at radius 2 is 1.83 bits per heavy atom. The third kappa shape index (κ3) is 4.15. The van der Waals surface area contributed by atoms with Crippen LogP contribution in [0.1, 0.15) is 22.5 Å². The molecule has 3 nitrogen and oxygen atoms in total. The average molecular weight is 376 g/mol. The minimum atomic E-state index is 0.399. The van der Waals surface area contributed by atoms with Crippen LogP contribution in [-0.4, -0.2) is 14.5 Å². The second kappa shape index (κ2) is 7.34. The van der Waals surface area contributed by atoms with Crippen molar-refractivity contribution in [3.05, 3.63) is 87.4 Å². The zero-order valence-corrected chi connectivity index (χ0v) is 15.1. The molecule has 1 heterocycles. The number of hydrogen-bond acceptors (Lipinski definition) is 2. The summed E-state index contributed by atoms with van der Waals surface area (Å²) in [5.74, 6) is 0.939. The molecule has 0 saturated heterocycles. The first-order chi connectivity index (χ1) is 11.5. The Hall–Kier alpha value is -1.88. The quantitative estimate of drug-likeness (QED) is 0.669. The van der Waals surface area contributed by atoms with E-state index in [0.29, 0.717) is 28.0 Å². The standard InChI is InChI=1S/C18H15Cl2N3S/c19-15-7-13(8-16(20)10-15)9-17-22-4-5-23(17)11-12-2-1-3-14(6-12)18(21)24/h1-8,10H,9,11H2,(H2,21,24). The molecule has 3 aromatic rings. The molecule has 0 aliphatic carbocycles. The maximum Gasteiger partial charge on any atom is 0.113 e. The molecule has 0 aliphatic rings. The monoisotopic (exact) mass is 375 g/mol. The molecule has 122 valence electrons. The van der Waals surface area contributed by atoms with Gasteiger partial charge >= 0.3 is 0 Å². The number of thiocarbonyl (C=S) groups is 1. The first-order valence-electron chi connectivity index (χ1n) is 7.35. The van der Waals surface area contributed by atoms with E-state index in [1.165, 1.54) is 0 Å². The highest BCUT2D eigenvalue weighted by molar-refractivity contribution is 7.80. The highest BCUT2D eigenvalue weighted by atomic mass is 35.5. The molecule has 2 N–H and O–H groups in total. The van der Waals surface area contributed by atoms with Crippen LogP contribution in [0.15, 0.2) is 54.9 Å². The van der Waals surface area contributed by atoms with Crippen molar-refractivity contribution in [3.8, 4) is 0 Å². The van der Waals surface area contributed by atoms with Gasteiger partial charge in [-0.05, 0) is 35.4 Å². The van der Waals surface area contributed by atoms with Gasteiger partial charge in [0, 0.05) is 41.0 Å². The van der Waals surface area contributed by atoms with Gasteiger partial charge in [0.1, 0.15) is 10.8 Å². The normalized spacial score (nSPS) is 10.8. The highest BCUT2D eigenvalue weighted by Gasteiger charge is 2.07. The smallest absolute Gasteiger partial charge is 0.113 e. The Kier molecular flexibility index (Phi) is 5.19. The second-order valence-corrected chi connectivity index (χ2v) is 6.80. The van der Waals surface area contributed by atoms with Crippen molar-refractivity contribution in [1.82, 2.24) is 9.55 Å². The van der Waals surface area contributed by atoms with Crippen molar-refractivity contribution >= 4 is 40.4 Å². The van der Waals surface area contributed by atoms with E-state index in [1.54, 1.807) is 12.3 Å². The molecule has 1 aromatic heterocycles. The number of rotatable bonds is 5. The van der Waals surface area contributed by atoms with Gasteiger partial charge in [-0.3, -0.25) is 0 Å². The van der Waals surface area contributed by atoms with Gasteiger partial charge in [-0.25, -0.2) is 4.98 Å². The summed E-state index contributed by atoms with van der Waals surface area (Å²) in [4.78, 5) is 4.85. The highest BCUT2D eigenvalue weighted by Crippen LogP contribution is 2.21. The first-order valence-corrected chi connectivity index (χ1v) is 8.51. The predicted molar refractivity (Wildman–Crippen MR) is 103 cm³/mol. The summed E-state index contributed by atoms with van der Waals surface area (Å²) < 4.78 is 2.09. The van der Waals surface area contributed by atoms with Crippen LogP contribution in [0.3, 0.4) is 0 Å². The first kappa shape index (κ1) is 17.0. The van der Waals surface area contributed by atoms with E-state index in [1.807, 2.05) is 42.6 Å². The summed E-state index contributed by atoms with van der Waals surface area (Å²) in [6.45, 7) is 0.695. The predicted octanol–water partition coefficient (Wildman–Crippen LogP) is 4.46. The minimum Gasteiger partial charge on any atom is -0.389 e. The Bertz CT molecular complexity index is 869. The average Bonchev–Trinajstić information content (AvgIpc) is 2.93. The largest absolute Gasteiger partial charge is 0.389 e. The second-order valence-electron chi connectivity index (χ2n) is 5.49. The van der Waals surface area contributed by atoms with Crippen molar-refractivity contribution in [1.29, 1.82) is 0 Å². The Balaban J connectivity index is 1.83. The fourth-order valence-corrected chi connectivity index (χ4v) is 3.26. The molecule has 0 fully saturated rings. The van der Waals surface area contributed by atoms with Gasteiger partial charge < -0.3 is 10.3 Å². The van der Waals surface area contributed by atoms with Crippen LogP contribution < -0.4 is 5.73 Å². The van der Waals surface area contributed by atoms with Crippen LogP contribution in [0, 0.1) is 0 Å². The van der Waals surface area contributed by atoms with Gasteiger partial charge in [-0.15, -0.1) is 0 Å². The zero-order chi connectivity index (χ0) is 17.1. The maximum atomic E-state index is 6.07. The molecule has 0 saturated carbocycles. The number of imidazole rings is 1. The van der Waals surface area contributed by atoms with Crippen LogP contribution in [0.5, 0.6) is 0 Å². The number of halogens is 2. The lowest BCUT2D eigenvalue weighted by Crippen LogP contribution is -2.10. The molecule has 0 unspecified atom stereocenters. The lowest BCUT2D eigenvalue weighted by atomic mass is 10.1. The fraction of sp³-hybridized carbons (Fsp3) is 0.111. The van der Waals surface area contributed by atoms with E-state index in [9.17, 15) is 0 Å². The molecular weight excluding hydrogens is 361 g/mol. The Morgan fingerprint density at radius 3 is 2.54 bits per heavy atom. The fourth-order valence-electron chi connectivity index (χ4n) is 2.57. The number of nitrogens with two attached hydrogens (primary N) is 1. The van der Waals surface area contributed by atoms with E-state index in [2.05, 4.69) is 9.55 Å². The zero-order valence-electron chi connectivity index (χ0n) is 12.7. The van der Waals surface area contributed by atoms with Crippen LogP contribution in [0.4, 0.5) is 0 Å². The summed E-state index contributed by atoms with van der Waals surface area (Å²) >= 11 is 17.2. The van der Waals surface area contributed by atoms with Gasteiger partial charge in [-0.1, -0.05) is 53.6 Å². The van der Waals surface area contributed by atoms with E-state index >= 15 is 0 Å². The Labute approximate surface area is 156 Å². The summed E-state index contributed by atoms with van der Waals surface area (Å²) in [7, 11) is 0. The molecule has 24 heavy (non-hydrogen) atoms. The van der Waals surface area contributed by atoms with Crippen LogP contribution >= 0.6 is 35.4 Å². The topological polar surface area (TPSA) is 43.8 Å². The van der Waals surface area contributed by atoms with Crippen LogP contribution in [-0.2, 0) is 13.0 Å². The van der Waals surface area contributed by atoms with E-state index in [4.69, 9.17) is 41.2 Å². The van der Waals surface area contributed by atoms with Gasteiger partial charge in [0.05, 0.1) is 0 Å². The number of benzene rings is 2. The van der Waals surface area contributed by atoms with Gasteiger partial charge in [0.2, 0.25) is 0 Å². The molecular formula is C18H15Cl2N3S. The van der Waals surface area contributed by atoms with Gasteiger partial charge in [0.15, 0.2) is 0 Å². The molecule has 0 atom stereocenters. The molecule has 6 heteroatoms. The van der Waals surface area contributed by atoms with Crippen molar-refractivity contribution < 1.29 is 0 Å². The lowest BCUT2D eigenvalue weighted by molar-refractivity contribution is 0.740. The maximum absolute atomic E-state index is 6.07.